The Balaban J connectivity index is 2.19. The molecule has 8 nitrogen and oxygen atoms in total. The summed E-state index contributed by atoms with van der Waals surface area (Å²) in [6, 6.07) is 3.73. The molecule has 33 heavy (non-hydrogen) atoms. The van der Waals surface area contributed by atoms with Gasteiger partial charge in [0.15, 0.2) is 16.9 Å². The van der Waals surface area contributed by atoms with Crippen LogP contribution >= 0.6 is 0 Å². The lowest BCUT2D eigenvalue weighted by Crippen LogP contribution is -2.51. The van der Waals surface area contributed by atoms with Gasteiger partial charge in [-0.05, 0) is 38.5 Å². The molecule has 0 amide bonds. The molecule has 2 aromatic rings. The van der Waals surface area contributed by atoms with Gasteiger partial charge in [-0.1, -0.05) is 0 Å². The van der Waals surface area contributed by atoms with E-state index in [0.717, 1.165) is 6.07 Å². The van der Waals surface area contributed by atoms with Crippen LogP contribution in [-0.2, 0) is 11.3 Å². The monoisotopic (exact) mass is 470 g/mol. The molecule has 0 saturated carbocycles. The number of aromatic carboxylic acids is 1. The maximum Gasteiger partial charge on any atom is 0.573 e. The summed E-state index contributed by atoms with van der Waals surface area (Å²) >= 11 is 0. The fourth-order valence-corrected chi connectivity index (χ4v) is 3.56. The normalized spacial score (nSPS) is 13.4. The number of alkyl halides is 3. The molecule has 1 aliphatic heterocycles. The fraction of sp³-hybridized carbons (Fsp3) is 0.455. The molecule has 0 atom stereocenters. The second-order valence-electron chi connectivity index (χ2n) is 8.51. The van der Waals surface area contributed by atoms with E-state index in [0.29, 0.717) is 24.2 Å². The van der Waals surface area contributed by atoms with Gasteiger partial charge in [0.2, 0.25) is 0 Å². The summed E-state index contributed by atoms with van der Waals surface area (Å²) in [5.74, 6) is -2.03. The van der Waals surface area contributed by atoms with Gasteiger partial charge in [0.25, 0.3) is 0 Å². The number of carbonyl (C=O) groups is 1. The molecule has 1 aliphatic rings. The van der Waals surface area contributed by atoms with Crippen molar-refractivity contribution in [1.82, 2.24) is 4.68 Å². The van der Waals surface area contributed by atoms with E-state index in [-0.39, 0.29) is 24.6 Å². The smallest absolute Gasteiger partial charge is 0.490 e. The predicted octanol–water partition coefficient (Wildman–Crippen LogP) is 3.78. The highest BCUT2D eigenvalue weighted by atomic mass is 19.4. The lowest BCUT2D eigenvalue weighted by molar-refractivity contribution is -0.275. The maximum atomic E-state index is 13.1. The Labute approximate surface area is 188 Å². The number of hydrogen-bond acceptors (Lipinski definition) is 6. The van der Waals surface area contributed by atoms with E-state index in [1.54, 1.807) is 0 Å². The quantitative estimate of drug-likeness (QED) is 0.616. The minimum Gasteiger partial charge on any atom is -0.490 e. The van der Waals surface area contributed by atoms with E-state index in [2.05, 4.69) is 4.74 Å². The molecular formula is C22H25F3N2O6. The Morgan fingerprint density at radius 1 is 1.12 bits per heavy atom. The number of pyridine rings is 1. The summed E-state index contributed by atoms with van der Waals surface area (Å²) in [5, 5.41) is 11.2. The van der Waals surface area contributed by atoms with E-state index in [9.17, 15) is 27.9 Å². The van der Waals surface area contributed by atoms with Crippen LogP contribution in [0.15, 0.2) is 29.2 Å². The van der Waals surface area contributed by atoms with Crippen LogP contribution in [0.1, 0.15) is 43.1 Å². The van der Waals surface area contributed by atoms with Gasteiger partial charge in [-0.2, -0.15) is 0 Å². The number of hydrogen-bond donors (Lipinski definition) is 1. The van der Waals surface area contributed by atoms with Gasteiger partial charge in [-0.25, -0.2) is 4.79 Å². The molecule has 11 heteroatoms. The standard InChI is InChI=1S/C22H25F3N2O6/c1-21(2,3)27-11-13-8-18(32-7-5-6-31-4)19(33-22(23,24)25)9-14(13)16-10-17(28)15(20(29)30)12-26(16)27/h8-10,12H,5-7,11H2,1-4H3,(H,29,30). The zero-order valence-electron chi connectivity index (χ0n) is 18.7. The second kappa shape index (κ2) is 8.97. The summed E-state index contributed by atoms with van der Waals surface area (Å²) < 4.78 is 55.5. The van der Waals surface area contributed by atoms with Crippen LogP contribution < -0.4 is 19.9 Å². The molecule has 1 aromatic carbocycles. The summed E-state index contributed by atoms with van der Waals surface area (Å²) in [4.78, 5) is 23.9. The fourth-order valence-electron chi connectivity index (χ4n) is 3.56. The number of halogens is 3. The topological polar surface area (TPSA) is 90.2 Å². The number of nitrogens with zero attached hydrogens (tertiary/aromatic N) is 2. The van der Waals surface area contributed by atoms with Gasteiger partial charge < -0.3 is 24.3 Å². The molecule has 180 valence electrons. The van der Waals surface area contributed by atoms with E-state index in [1.807, 2.05) is 25.8 Å². The Hall–Kier alpha value is -3.21. The lowest BCUT2D eigenvalue weighted by Gasteiger charge is -2.44. The third-order valence-corrected chi connectivity index (χ3v) is 5.04. The Kier molecular flexibility index (Phi) is 6.64. The van der Waals surface area contributed by atoms with Crippen LogP contribution in [0.2, 0.25) is 0 Å². The van der Waals surface area contributed by atoms with Crippen LogP contribution in [0.4, 0.5) is 13.2 Å². The summed E-state index contributed by atoms with van der Waals surface area (Å²) in [6.07, 6.45) is -3.31. The van der Waals surface area contributed by atoms with Crippen LogP contribution in [0.3, 0.4) is 0 Å². The van der Waals surface area contributed by atoms with E-state index in [1.165, 1.54) is 30.1 Å². The van der Waals surface area contributed by atoms with Gasteiger partial charge in [-0.3, -0.25) is 9.47 Å². The van der Waals surface area contributed by atoms with Crippen molar-refractivity contribution in [3.05, 3.63) is 45.7 Å². The average molecular weight is 470 g/mol. The van der Waals surface area contributed by atoms with Crippen molar-refractivity contribution in [3.63, 3.8) is 0 Å². The van der Waals surface area contributed by atoms with Crippen molar-refractivity contribution >= 4 is 5.97 Å². The van der Waals surface area contributed by atoms with Crippen molar-refractivity contribution in [3.8, 4) is 22.8 Å². The first kappa shape index (κ1) is 24.4. The van der Waals surface area contributed by atoms with Crippen LogP contribution in [0.5, 0.6) is 11.5 Å². The molecule has 3 rings (SSSR count). The minimum atomic E-state index is -4.96. The third kappa shape index (κ3) is 5.41. The Morgan fingerprint density at radius 2 is 1.82 bits per heavy atom. The molecule has 0 spiro atoms. The van der Waals surface area contributed by atoms with Crippen molar-refractivity contribution in [1.29, 1.82) is 0 Å². The highest BCUT2D eigenvalue weighted by Crippen LogP contribution is 2.41. The summed E-state index contributed by atoms with van der Waals surface area (Å²) in [6.45, 7) is 6.40. The number of ether oxygens (including phenoxy) is 3. The summed E-state index contributed by atoms with van der Waals surface area (Å²) in [7, 11) is 1.51. The SMILES string of the molecule is COCCCOc1cc2c(cc1OC(F)(F)F)-c1cc(=O)c(C(=O)O)cn1N(C(C)(C)C)C2. The first-order chi connectivity index (χ1) is 15.3. The number of fused-ring (bicyclic) bond motifs is 3. The lowest BCUT2D eigenvalue weighted by atomic mass is 9.97. The van der Waals surface area contributed by atoms with Crippen LogP contribution in [0.25, 0.3) is 11.3 Å². The molecule has 0 unspecified atom stereocenters. The molecule has 2 heterocycles. The van der Waals surface area contributed by atoms with Gasteiger partial charge in [0.1, 0.15) is 5.56 Å². The van der Waals surface area contributed by atoms with Crippen molar-refractivity contribution in [2.45, 2.75) is 45.6 Å². The Bertz CT molecular complexity index is 1110. The van der Waals surface area contributed by atoms with E-state index < -0.39 is 34.6 Å². The largest absolute Gasteiger partial charge is 0.573 e. The molecule has 1 aromatic heterocycles. The average Bonchev–Trinajstić information content (AvgIpc) is 2.68. The zero-order valence-corrected chi connectivity index (χ0v) is 18.7. The van der Waals surface area contributed by atoms with Crippen LogP contribution in [0, 0.1) is 0 Å². The second-order valence-corrected chi connectivity index (χ2v) is 8.51. The predicted molar refractivity (Wildman–Crippen MR) is 113 cm³/mol. The van der Waals surface area contributed by atoms with Crippen LogP contribution in [-0.4, -0.2) is 48.0 Å². The number of rotatable bonds is 7. The number of methoxy groups -OCH3 is 1. The van der Waals surface area contributed by atoms with Crippen molar-refractivity contribution in [2.75, 3.05) is 25.3 Å². The molecule has 0 fully saturated rings. The molecule has 0 radical (unpaired) electrons. The maximum absolute atomic E-state index is 13.1. The zero-order chi connectivity index (χ0) is 24.6. The number of aromatic nitrogens is 1. The number of benzene rings is 1. The molecule has 0 aliphatic carbocycles. The van der Waals surface area contributed by atoms with Crippen molar-refractivity contribution in [2.24, 2.45) is 0 Å². The van der Waals surface area contributed by atoms with Gasteiger partial charge >= 0.3 is 12.3 Å². The highest BCUT2D eigenvalue weighted by Gasteiger charge is 2.35. The van der Waals surface area contributed by atoms with Crippen molar-refractivity contribution < 1.29 is 37.3 Å². The van der Waals surface area contributed by atoms with E-state index in [4.69, 9.17) is 9.47 Å². The van der Waals surface area contributed by atoms with Gasteiger partial charge in [0, 0.05) is 43.5 Å². The third-order valence-electron chi connectivity index (χ3n) is 5.04. The summed E-state index contributed by atoms with van der Waals surface area (Å²) in [5.41, 5.74) is -0.552. The van der Waals surface area contributed by atoms with E-state index >= 15 is 0 Å². The number of carboxylic acid groups (broad SMARTS) is 1. The first-order valence-corrected chi connectivity index (χ1v) is 10.1. The molecule has 1 N–H and O–H groups in total. The van der Waals surface area contributed by atoms with Gasteiger partial charge in [0.05, 0.1) is 18.8 Å². The van der Waals surface area contributed by atoms with Gasteiger partial charge in [-0.15, -0.1) is 13.2 Å². The molecular weight excluding hydrogens is 445 g/mol. The first-order valence-electron chi connectivity index (χ1n) is 10.1. The minimum absolute atomic E-state index is 0.0889. The molecule has 0 saturated heterocycles. The number of carboxylic acids is 1. The molecule has 0 bridgehead atoms. The Morgan fingerprint density at radius 3 is 2.39 bits per heavy atom. The highest BCUT2D eigenvalue weighted by molar-refractivity contribution is 5.88.